The Morgan fingerprint density at radius 2 is 2.11 bits per heavy atom. The fourth-order valence-electron chi connectivity index (χ4n) is 1.26. The first-order valence-electron chi connectivity index (χ1n) is 5.77. The zero-order chi connectivity index (χ0) is 13.8. The Hall–Kier alpha value is -1.37. The summed E-state index contributed by atoms with van der Waals surface area (Å²) in [6.45, 7) is 8.61. The van der Waals surface area contributed by atoms with Gasteiger partial charge in [0.05, 0.1) is 4.92 Å². The predicted molar refractivity (Wildman–Crippen MR) is 73.1 cm³/mol. The van der Waals surface area contributed by atoms with Crippen molar-refractivity contribution in [1.82, 2.24) is 9.97 Å². The molecule has 0 unspecified atom stereocenters. The van der Waals surface area contributed by atoms with Crippen molar-refractivity contribution >= 4 is 23.3 Å². The highest BCUT2D eigenvalue weighted by Crippen LogP contribution is 2.38. The van der Waals surface area contributed by atoms with E-state index in [1.54, 1.807) is 0 Å². The smallest absolute Gasteiger partial charge is 0.343 e. The largest absolute Gasteiger partial charge is 0.364 e. The standard InChI is InChI=1S/C11H18N4O2S/c1-5-6-12-9-8(15(16)17)10(14-7-13-9)18-11(2,3)4/h7H,5-6H2,1-4H3,(H,12,13,14). The van der Waals surface area contributed by atoms with E-state index in [-0.39, 0.29) is 10.4 Å². The molecule has 1 aromatic heterocycles. The van der Waals surface area contributed by atoms with Crippen LogP contribution in [0.2, 0.25) is 0 Å². The molecule has 0 saturated carbocycles. The van der Waals surface area contributed by atoms with E-state index in [4.69, 9.17) is 0 Å². The Bertz CT molecular complexity index is 432. The summed E-state index contributed by atoms with van der Waals surface area (Å²) >= 11 is 1.37. The summed E-state index contributed by atoms with van der Waals surface area (Å²) < 4.78 is -0.138. The lowest BCUT2D eigenvalue weighted by Crippen LogP contribution is -2.11. The van der Waals surface area contributed by atoms with Gasteiger partial charge in [0.1, 0.15) is 6.33 Å². The third-order valence-corrected chi connectivity index (χ3v) is 3.02. The van der Waals surface area contributed by atoms with Crippen molar-refractivity contribution < 1.29 is 4.92 Å². The van der Waals surface area contributed by atoms with Gasteiger partial charge in [-0.1, -0.05) is 39.5 Å². The summed E-state index contributed by atoms with van der Waals surface area (Å²) in [5.74, 6) is 0.295. The molecule has 7 heteroatoms. The lowest BCUT2D eigenvalue weighted by molar-refractivity contribution is -0.387. The van der Waals surface area contributed by atoms with Crippen molar-refractivity contribution in [3.8, 4) is 0 Å². The molecule has 1 heterocycles. The van der Waals surface area contributed by atoms with Gasteiger partial charge in [0, 0.05) is 11.3 Å². The number of rotatable bonds is 5. The Labute approximate surface area is 111 Å². The van der Waals surface area contributed by atoms with E-state index in [9.17, 15) is 10.1 Å². The van der Waals surface area contributed by atoms with E-state index < -0.39 is 4.92 Å². The Morgan fingerprint density at radius 3 is 2.61 bits per heavy atom. The number of thioether (sulfide) groups is 1. The molecule has 0 radical (unpaired) electrons. The maximum atomic E-state index is 11.2. The highest BCUT2D eigenvalue weighted by molar-refractivity contribution is 8.00. The summed E-state index contributed by atoms with van der Waals surface area (Å²) in [6.07, 6.45) is 2.24. The SMILES string of the molecule is CCCNc1ncnc(SC(C)(C)C)c1[N+](=O)[O-]. The van der Waals surface area contributed by atoms with Gasteiger partial charge in [-0.25, -0.2) is 9.97 Å². The first-order valence-corrected chi connectivity index (χ1v) is 6.59. The fourth-order valence-corrected chi connectivity index (χ4v) is 2.21. The number of aromatic nitrogens is 2. The van der Waals surface area contributed by atoms with Crippen LogP contribution in [0.15, 0.2) is 11.4 Å². The molecule has 0 aliphatic carbocycles. The molecule has 0 spiro atoms. The molecule has 1 N–H and O–H groups in total. The van der Waals surface area contributed by atoms with Crippen LogP contribution in [0.3, 0.4) is 0 Å². The van der Waals surface area contributed by atoms with Gasteiger partial charge >= 0.3 is 5.69 Å². The van der Waals surface area contributed by atoms with Crippen LogP contribution in [-0.4, -0.2) is 26.2 Å². The molecule has 0 amide bonds. The van der Waals surface area contributed by atoms with E-state index in [1.165, 1.54) is 18.1 Å². The molecule has 0 bridgehead atoms. The van der Waals surface area contributed by atoms with Gasteiger partial charge in [-0.3, -0.25) is 10.1 Å². The molecule has 0 aromatic carbocycles. The zero-order valence-corrected chi connectivity index (χ0v) is 11.9. The molecule has 6 nitrogen and oxygen atoms in total. The van der Waals surface area contributed by atoms with E-state index in [2.05, 4.69) is 15.3 Å². The van der Waals surface area contributed by atoms with Gasteiger partial charge in [0.25, 0.3) is 0 Å². The second kappa shape index (κ2) is 5.99. The Morgan fingerprint density at radius 1 is 1.44 bits per heavy atom. The van der Waals surface area contributed by atoms with Crippen molar-refractivity contribution in [1.29, 1.82) is 0 Å². The van der Waals surface area contributed by atoms with Crippen LogP contribution in [0.4, 0.5) is 11.5 Å². The van der Waals surface area contributed by atoms with Crippen LogP contribution in [0.1, 0.15) is 34.1 Å². The third kappa shape index (κ3) is 4.14. The van der Waals surface area contributed by atoms with Crippen molar-refractivity contribution in [2.75, 3.05) is 11.9 Å². The second-order valence-electron chi connectivity index (χ2n) is 4.77. The van der Waals surface area contributed by atoms with Crippen LogP contribution in [0, 0.1) is 10.1 Å². The maximum Gasteiger partial charge on any atom is 0.343 e. The molecule has 0 fully saturated rings. The average Bonchev–Trinajstić information content (AvgIpc) is 2.23. The fraction of sp³-hybridized carbons (Fsp3) is 0.636. The topological polar surface area (TPSA) is 81.0 Å². The summed E-state index contributed by atoms with van der Waals surface area (Å²) in [4.78, 5) is 18.7. The van der Waals surface area contributed by atoms with Gasteiger partial charge in [-0.05, 0) is 6.42 Å². The predicted octanol–water partition coefficient (Wildman–Crippen LogP) is 3.10. The lowest BCUT2D eigenvalue weighted by Gasteiger charge is -2.17. The summed E-state index contributed by atoms with van der Waals surface area (Å²) in [5.41, 5.74) is -0.0362. The number of nitrogens with one attached hydrogen (secondary N) is 1. The van der Waals surface area contributed by atoms with Gasteiger partial charge in [-0.15, -0.1) is 0 Å². The van der Waals surface area contributed by atoms with Crippen molar-refractivity contribution in [3.63, 3.8) is 0 Å². The highest BCUT2D eigenvalue weighted by Gasteiger charge is 2.26. The molecule has 0 saturated heterocycles. The molecule has 100 valence electrons. The van der Waals surface area contributed by atoms with Crippen LogP contribution in [0.5, 0.6) is 0 Å². The maximum absolute atomic E-state index is 11.2. The van der Waals surface area contributed by atoms with Crippen LogP contribution >= 0.6 is 11.8 Å². The van der Waals surface area contributed by atoms with Crippen LogP contribution < -0.4 is 5.32 Å². The lowest BCUT2D eigenvalue weighted by atomic mass is 10.3. The van der Waals surface area contributed by atoms with Crippen molar-refractivity contribution in [2.24, 2.45) is 0 Å². The average molecular weight is 270 g/mol. The molecule has 0 aliphatic rings. The number of hydrogen-bond acceptors (Lipinski definition) is 6. The summed E-state index contributed by atoms with van der Waals surface area (Å²) in [7, 11) is 0. The molecule has 0 aliphatic heterocycles. The van der Waals surface area contributed by atoms with E-state index >= 15 is 0 Å². The third-order valence-electron chi connectivity index (χ3n) is 1.92. The van der Waals surface area contributed by atoms with Crippen molar-refractivity contribution in [2.45, 2.75) is 43.9 Å². The zero-order valence-electron chi connectivity index (χ0n) is 11.1. The first kappa shape index (κ1) is 14.7. The quantitative estimate of drug-likeness (QED) is 0.383. The monoisotopic (exact) mass is 270 g/mol. The molecular weight excluding hydrogens is 252 g/mol. The number of nitro groups is 1. The molecule has 18 heavy (non-hydrogen) atoms. The molecule has 1 rings (SSSR count). The number of nitrogens with zero attached hydrogens (tertiary/aromatic N) is 3. The highest BCUT2D eigenvalue weighted by atomic mass is 32.2. The van der Waals surface area contributed by atoms with Crippen molar-refractivity contribution in [3.05, 3.63) is 16.4 Å². The molecule has 1 aromatic rings. The van der Waals surface area contributed by atoms with Crippen LogP contribution in [0.25, 0.3) is 0 Å². The van der Waals surface area contributed by atoms with Crippen LogP contribution in [-0.2, 0) is 0 Å². The minimum atomic E-state index is -0.425. The van der Waals surface area contributed by atoms with E-state index in [0.29, 0.717) is 17.4 Å². The Balaban J connectivity index is 3.13. The number of hydrogen-bond donors (Lipinski definition) is 1. The van der Waals surface area contributed by atoms with Gasteiger partial charge in [0.2, 0.25) is 5.82 Å². The molecular formula is C11H18N4O2S. The Kier molecular flexibility index (Phi) is 4.89. The summed E-state index contributed by atoms with van der Waals surface area (Å²) in [6, 6.07) is 0. The molecule has 0 atom stereocenters. The normalized spacial score (nSPS) is 11.3. The van der Waals surface area contributed by atoms with E-state index in [1.807, 2.05) is 27.7 Å². The van der Waals surface area contributed by atoms with Gasteiger partial charge in [0.15, 0.2) is 5.03 Å². The minimum Gasteiger partial charge on any atom is -0.364 e. The first-order chi connectivity index (χ1) is 8.35. The number of anilines is 1. The summed E-state index contributed by atoms with van der Waals surface area (Å²) in [5, 5.41) is 14.5. The van der Waals surface area contributed by atoms with E-state index in [0.717, 1.165) is 6.42 Å². The van der Waals surface area contributed by atoms with Gasteiger partial charge < -0.3 is 5.32 Å². The minimum absolute atomic E-state index is 0.0362. The van der Waals surface area contributed by atoms with Gasteiger partial charge in [-0.2, -0.15) is 0 Å². The second-order valence-corrected chi connectivity index (χ2v) is 6.59.